The van der Waals surface area contributed by atoms with E-state index < -0.39 is 0 Å². The summed E-state index contributed by atoms with van der Waals surface area (Å²) >= 11 is 0. The first-order valence-electron chi connectivity index (χ1n) is 9.97. The molecule has 0 aromatic heterocycles. The van der Waals surface area contributed by atoms with Crippen LogP contribution in [0.25, 0.3) is 0 Å². The molecule has 1 saturated heterocycles. The van der Waals surface area contributed by atoms with Crippen LogP contribution in [-0.4, -0.2) is 36.5 Å². The van der Waals surface area contributed by atoms with Gasteiger partial charge in [0, 0.05) is 12.1 Å². The molecule has 1 fully saturated rings. The third-order valence-corrected chi connectivity index (χ3v) is 4.96. The van der Waals surface area contributed by atoms with Crippen molar-refractivity contribution in [3.05, 3.63) is 65.7 Å². The lowest BCUT2D eigenvalue weighted by molar-refractivity contribution is 0.0924. The number of likely N-dealkylation sites (tertiary alicyclic amines) is 1. The average molecular weight is 367 g/mol. The van der Waals surface area contributed by atoms with Crippen LogP contribution in [-0.2, 0) is 0 Å². The Morgan fingerprint density at radius 1 is 1.00 bits per heavy atom. The third kappa shape index (κ3) is 5.57. The molecule has 4 heteroatoms. The van der Waals surface area contributed by atoms with Gasteiger partial charge in [-0.1, -0.05) is 36.8 Å². The van der Waals surface area contributed by atoms with E-state index in [1.807, 2.05) is 44.2 Å². The number of amides is 1. The molecule has 27 heavy (non-hydrogen) atoms. The Morgan fingerprint density at radius 3 is 2.30 bits per heavy atom. The van der Waals surface area contributed by atoms with Crippen LogP contribution in [0.1, 0.15) is 55.1 Å². The highest BCUT2D eigenvalue weighted by molar-refractivity contribution is 5.94. The van der Waals surface area contributed by atoms with Crippen molar-refractivity contribution in [3.63, 3.8) is 0 Å². The summed E-state index contributed by atoms with van der Waals surface area (Å²) < 4.78 is 5.65. The van der Waals surface area contributed by atoms with Crippen LogP contribution >= 0.6 is 0 Å². The van der Waals surface area contributed by atoms with Crippen molar-refractivity contribution in [1.29, 1.82) is 0 Å². The van der Waals surface area contributed by atoms with Crippen molar-refractivity contribution in [2.75, 3.05) is 19.6 Å². The Bertz CT molecular complexity index is 707. The molecule has 0 unspecified atom stereocenters. The van der Waals surface area contributed by atoms with E-state index in [2.05, 4.69) is 34.5 Å². The summed E-state index contributed by atoms with van der Waals surface area (Å²) in [5.41, 5.74) is 1.93. The zero-order valence-corrected chi connectivity index (χ0v) is 16.4. The van der Waals surface area contributed by atoms with E-state index in [-0.39, 0.29) is 18.1 Å². The Balaban J connectivity index is 1.64. The van der Waals surface area contributed by atoms with Crippen LogP contribution in [0.2, 0.25) is 0 Å². The van der Waals surface area contributed by atoms with E-state index in [4.69, 9.17) is 4.74 Å². The second kappa shape index (κ2) is 9.56. The van der Waals surface area contributed by atoms with Gasteiger partial charge in [-0.25, -0.2) is 0 Å². The molecule has 2 aromatic rings. The molecule has 4 nitrogen and oxygen atoms in total. The lowest BCUT2D eigenvalue weighted by Gasteiger charge is -2.35. The summed E-state index contributed by atoms with van der Waals surface area (Å²) in [7, 11) is 0. The highest BCUT2D eigenvalue weighted by Gasteiger charge is 2.22. The number of nitrogens with one attached hydrogen (secondary N) is 1. The first-order chi connectivity index (χ1) is 13.1. The van der Waals surface area contributed by atoms with Crippen molar-refractivity contribution < 1.29 is 9.53 Å². The van der Waals surface area contributed by atoms with Crippen molar-refractivity contribution >= 4 is 5.91 Å². The largest absolute Gasteiger partial charge is 0.491 e. The van der Waals surface area contributed by atoms with Crippen molar-refractivity contribution in [3.8, 4) is 5.75 Å². The fraction of sp³-hybridized carbons (Fsp3) is 0.435. The first kappa shape index (κ1) is 19.4. The summed E-state index contributed by atoms with van der Waals surface area (Å²) in [5.74, 6) is 0.751. The molecule has 0 aliphatic carbocycles. The van der Waals surface area contributed by atoms with Gasteiger partial charge in [0.15, 0.2) is 0 Å². The standard InChI is InChI=1S/C23H30N2O2/c1-18(2)27-21-13-11-20(12-14-21)23(26)24-17-22(19-9-5-3-6-10-19)25-15-7-4-8-16-25/h3,5-6,9-14,18,22H,4,7-8,15-17H2,1-2H3,(H,24,26)/t22-/m0/s1. The number of piperidine rings is 1. The van der Waals surface area contributed by atoms with Crippen LogP contribution in [0.4, 0.5) is 0 Å². The lowest BCUT2D eigenvalue weighted by Crippen LogP contribution is -2.40. The SMILES string of the molecule is CC(C)Oc1ccc(C(=O)NC[C@@H](c2ccccc2)N2CCCCC2)cc1. The van der Waals surface area contributed by atoms with Crippen molar-refractivity contribution in [2.45, 2.75) is 45.3 Å². The molecular formula is C23H30N2O2. The summed E-state index contributed by atoms with van der Waals surface area (Å²) in [6.07, 6.45) is 3.89. The van der Waals surface area contributed by atoms with E-state index in [1.165, 1.54) is 24.8 Å². The van der Waals surface area contributed by atoms with Gasteiger partial charge in [-0.3, -0.25) is 9.69 Å². The van der Waals surface area contributed by atoms with Gasteiger partial charge < -0.3 is 10.1 Å². The molecule has 1 aliphatic rings. The van der Waals surface area contributed by atoms with Crippen molar-refractivity contribution in [2.24, 2.45) is 0 Å². The first-order valence-corrected chi connectivity index (χ1v) is 9.97. The van der Waals surface area contributed by atoms with Crippen LogP contribution in [0.15, 0.2) is 54.6 Å². The van der Waals surface area contributed by atoms with E-state index in [0.29, 0.717) is 12.1 Å². The van der Waals surface area contributed by atoms with Crippen LogP contribution in [0.5, 0.6) is 5.75 Å². The zero-order valence-electron chi connectivity index (χ0n) is 16.4. The number of carbonyl (C=O) groups is 1. The third-order valence-electron chi connectivity index (χ3n) is 4.96. The fourth-order valence-electron chi connectivity index (χ4n) is 3.61. The predicted molar refractivity (Wildman–Crippen MR) is 109 cm³/mol. The van der Waals surface area contributed by atoms with E-state index >= 15 is 0 Å². The molecule has 0 bridgehead atoms. The molecule has 1 N–H and O–H groups in total. The Kier molecular flexibility index (Phi) is 6.88. The topological polar surface area (TPSA) is 41.6 Å². The Labute approximate surface area is 162 Å². The molecule has 0 saturated carbocycles. The van der Waals surface area contributed by atoms with Crippen molar-refractivity contribution in [1.82, 2.24) is 10.2 Å². The molecule has 144 valence electrons. The maximum absolute atomic E-state index is 12.6. The molecule has 1 aliphatic heterocycles. The van der Waals surface area contributed by atoms with Crippen LogP contribution in [0.3, 0.4) is 0 Å². The van der Waals surface area contributed by atoms with Gasteiger partial charge >= 0.3 is 0 Å². The Morgan fingerprint density at radius 2 is 1.67 bits per heavy atom. The van der Waals surface area contributed by atoms with E-state index in [1.54, 1.807) is 0 Å². The molecule has 1 amide bonds. The second-order valence-corrected chi connectivity index (χ2v) is 7.42. The number of hydrogen-bond acceptors (Lipinski definition) is 3. The van der Waals surface area contributed by atoms with E-state index in [9.17, 15) is 4.79 Å². The van der Waals surface area contributed by atoms with E-state index in [0.717, 1.165) is 18.8 Å². The quantitative estimate of drug-likeness (QED) is 0.788. The number of ether oxygens (including phenoxy) is 1. The van der Waals surface area contributed by atoms with Gasteiger partial charge in [0.05, 0.1) is 12.1 Å². The van der Waals surface area contributed by atoms with Crippen LogP contribution in [0, 0.1) is 0 Å². The molecule has 2 aromatic carbocycles. The highest BCUT2D eigenvalue weighted by atomic mass is 16.5. The monoisotopic (exact) mass is 366 g/mol. The van der Waals surface area contributed by atoms with Gasteiger partial charge in [-0.15, -0.1) is 0 Å². The maximum Gasteiger partial charge on any atom is 0.251 e. The van der Waals surface area contributed by atoms with Gasteiger partial charge in [0.25, 0.3) is 5.91 Å². The summed E-state index contributed by atoms with van der Waals surface area (Å²) in [5, 5.41) is 3.13. The number of rotatable bonds is 7. The highest BCUT2D eigenvalue weighted by Crippen LogP contribution is 2.24. The summed E-state index contributed by atoms with van der Waals surface area (Å²) in [6, 6.07) is 18.1. The van der Waals surface area contributed by atoms with Gasteiger partial charge in [0.1, 0.15) is 5.75 Å². The number of carbonyl (C=O) groups excluding carboxylic acids is 1. The minimum absolute atomic E-state index is 0.0379. The van der Waals surface area contributed by atoms with Gasteiger partial charge in [0.2, 0.25) is 0 Å². The maximum atomic E-state index is 12.6. The second-order valence-electron chi connectivity index (χ2n) is 7.42. The number of nitrogens with zero attached hydrogens (tertiary/aromatic N) is 1. The predicted octanol–water partition coefficient (Wildman–Crippen LogP) is 4.43. The zero-order chi connectivity index (χ0) is 19.1. The molecule has 3 rings (SSSR count). The molecule has 0 spiro atoms. The fourth-order valence-corrected chi connectivity index (χ4v) is 3.61. The van der Waals surface area contributed by atoms with Gasteiger partial charge in [-0.2, -0.15) is 0 Å². The summed E-state index contributed by atoms with van der Waals surface area (Å²) in [6.45, 7) is 6.79. The smallest absolute Gasteiger partial charge is 0.251 e. The van der Waals surface area contributed by atoms with Gasteiger partial charge in [-0.05, 0) is 69.6 Å². The van der Waals surface area contributed by atoms with Crippen LogP contribution < -0.4 is 10.1 Å². The molecule has 1 atom stereocenters. The number of benzene rings is 2. The molecule has 0 radical (unpaired) electrons. The average Bonchev–Trinajstić information content (AvgIpc) is 2.70. The minimum atomic E-state index is -0.0379. The number of hydrogen-bond donors (Lipinski definition) is 1. The normalized spacial score (nSPS) is 16.1. The summed E-state index contributed by atoms with van der Waals surface area (Å²) in [4.78, 5) is 15.1. The Hall–Kier alpha value is -2.33. The lowest BCUT2D eigenvalue weighted by atomic mass is 10.0. The molecule has 1 heterocycles. The molecular weight excluding hydrogens is 336 g/mol. The minimum Gasteiger partial charge on any atom is -0.491 e.